The minimum Gasteiger partial charge on any atom is -0.384 e. The Hall–Kier alpha value is -2.84. The van der Waals surface area contributed by atoms with Gasteiger partial charge in [-0.3, -0.25) is 14.7 Å². The van der Waals surface area contributed by atoms with E-state index in [1.807, 2.05) is 21.5 Å². The molecule has 0 saturated heterocycles. The number of nitrogens with one attached hydrogen (secondary N) is 1. The Morgan fingerprint density at radius 1 is 0.938 bits per heavy atom. The summed E-state index contributed by atoms with van der Waals surface area (Å²) in [6.07, 6.45) is 0. The van der Waals surface area contributed by atoms with Gasteiger partial charge in [-0.05, 0) is 39.5 Å². The highest BCUT2D eigenvalue weighted by Crippen LogP contribution is 2.22. The lowest BCUT2D eigenvalue weighted by atomic mass is 10.1. The van der Waals surface area contributed by atoms with Crippen LogP contribution in [0.2, 0.25) is 0 Å². The first-order chi connectivity index (χ1) is 14.9. The fraction of sp³-hybridized carbons (Fsp3) is 0.652. The van der Waals surface area contributed by atoms with Crippen LogP contribution in [0.4, 0.5) is 11.6 Å². The third kappa shape index (κ3) is 6.11. The first-order valence-electron chi connectivity index (χ1n) is 11.5. The number of carbonyl (C=O) groups is 1. The first kappa shape index (κ1) is 25.4. The van der Waals surface area contributed by atoms with E-state index in [-0.39, 0.29) is 11.9 Å². The average Bonchev–Trinajstić information content (AvgIpc) is 3.40. The summed E-state index contributed by atoms with van der Waals surface area (Å²) >= 11 is 0. The predicted octanol–water partition coefficient (Wildman–Crippen LogP) is 4.39. The van der Waals surface area contributed by atoms with E-state index in [0.29, 0.717) is 36.9 Å². The van der Waals surface area contributed by atoms with E-state index in [4.69, 9.17) is 5.73 Å². The van der Waals surface area contributed by atoms with E-state index in [9.17, 15) is 4.79 Å². The molecule has 178 valence electrons. The number of aromatic nitrogens is 4. The molecule has 0 aromatic carbocycles. The molecule has 0 fully saturated rings. The van der Waals surface area contributed by atoms with Crippen LogP contribution in [0.15, 0.2) is 17.1 Å². The van der Waals surface area contributed by atoms with Gasteiger partial charge in [-0.15, -0.1) is 0 Å². The van der Waals surface area contributed by atoms with E-state index in [1.165, 1.54) is 0 Å². The summed E-state index contributed by atoms with van der Waals surface area (Å²) in [5.74, 6) is 3.09. The Balaban J connectivity index is 0.000000258. The minimum atomic E-state index is 0.00782. The van der Waals surface area contributed by atoms with E-state index in [2.05, 4.69) is 75.9 Å². The zero-order valence-corrected chi connectivity index (χ0v) is 21.0. The van der Waals surface area contributed by atoms with E-state index >= 15 is 0 Å². The van der Waals surface area contributed by atoms with Crippen molar-refractivity contribution in [2.24, 2.45) is 4.99 Å². The number of rotatable bonds is 5. The van der Waals surface area contributed by atoms with Gasteiger partial charge in [0.25, 0.3) is 0 Å². The van der Waals surface area contributed by atoms with Gasteiger partial charge in [-0.2, -0.15) is 10.2 Å². The highest BCUT2D eigenvalue weighted by atomic mass is 16.2. The first-order valence-corrected chi connectivity index (χ1v) is 11.5. The molecule has 2 aromatic heterocycles. The Labute approximate surface area is 192 Å². The molecule has 0 aliphatic carbocycles. The minimum absolute atomic E-state index is 0.00782. The SMILES string of the molecule is CC(=O)N1CCN=C1Nc1cc(C(C)C)nn1C(C)C.CC(C)c1cc(N)n(C(C)C)n1. The second-order valence-corrected chi connectivity index (χ2v) is 9.34. The maximum atomic E-state index is 11.6. The largest absolute Gasteiger partial charge is 0.384 e. The fourth-order valence-corrected chi connectivity index (χ4v) is 3.28. The number of carbonyl (C=O) groups excluding carboxylic acids is 1. The van der Waals surface area contributed by atoms with Crippen molar-refractivity contribution in [2.75, 3.05) is 24.1 Å². The number of hydrogen-bond acceptors (Lipinski definition) is 6. The van der Waals surface area contributed by atoms with E-state index < -0.39 is 0 Å². The molecule has 1 aliphatic rings. The Kier molecular flexibility index (Phi) is 8.46. The smallest absolute Gasteiger partial charge is 0.226 e. The van der Waals surface area contributed by atoms with E-state index in [0.717, 1.165) is 23.0 Å². The van der Waals surface area contributed by atoms with Gasteiger partial charge >= 0.3 is 0 Å². The molecule has 0 unspecified atom stereocenters. The summed E-state index contributed by atoms with van der Waals surface area (Å²) in [5, 5.41) is 12.3. The van der Waals surface area contributed by atoms with Crippen molar-refractivity contribution in [2.45, 2.75) is 86.2 Å². The molecule has 1 aliphatic heterocycles. The summed E-state index contributed by atoms with van der Waals surface area (Å²) in [5.41, 5.74) is 7.89. The van der Waals surface area contributed by atoms with Crippen LogP contribution in [0.5, 0.6) is 0 Å². The molecule has 9 heteroatoms. The van der Waals surface area contributed by atoms with Gasteiger partial charge in [0.15, 0.2) is 0 Å². The van der Waals surface area contributed by atoms with Crippen molar-refractivity contribution in [3.8, 4) is 0 Å². The van der Waals surface area contributed by atoms with Crippen molar-refractivity contribution in [3.05, 3.63) is 23.5 Å². The summed E-state index contributed by atoms with van der Waals surface area (Å²) in [7, 11) is 0. The molecule has 3 N–H and O–H groups in total. The zero-order chi connectivity index (χ0) is 24.2. The third-order valence-electron chi connectivity index (χ3n) is 5.16. The Morgan fingerprint density at radius 2 is 1.47 bits per heavy atom. The number of nitrogens with zero attached hydrogens (tertiary/aromatic N) is 6. The predicted molar refractivity (Wildman–Crippen MR) is 131 cm³/mol. The molecule has 0 spiro atoms. The molecule has 1 amide bonds. The quantitative estimate of drug-likeness (QED) is 0.711. The maximum Gasteiger partial charge on any atom is 0.226 e. The molecule has 32 heavy (non-hydrogen) atoms. The lowest BCUT2D eigenvalue weighted by Gasteiger charge is -2.18. The van der Waals surface area contributed by atoms with Gasteiger partial charge in [-0.1, -0.05) is 27.7 Å². The number of amides is 1. The summed E-state index contributed by atoms with van der Waals surface area (Å²) < 4.78 is 3.80. The monoisotopic (exact) mass is 444 g/mol. The maximum absolute atomic E-state index is 11.6. The van der Waals surface area contributed by atoms with Gasteiger partial charge in [0.1, 0.15) is 11.6 Å². The molecule has 3 heterocycles. The normalized spacial score (nSPS) is 13.8. The van der Waals surface area contributed by atoms with Crippen LogP contribution in [0, 0.1) is 0 Å². The van der Waals surface area contributed by atoms with Gasteiger partial charge < -0.3 is 11.1 Å². The van der Waals surface area contributed by atoms with Crippen LogP contribution in [0.3, 0.4) is 0 Å². The van der Waals surface area contributed by atoms with Crippen LogP contribution < -0.4 is 11.1 Å². The molecule has 0 radical (unpaired) electrons. The van der Waals surface area contributed by atoms with Crippen LogP contribution in [0.25, 0.3) is 0 Å². The number of anilines is 2. The Morgan fingerprint density at radius 3 is 1.91 bits per heavy atom. The number of guanidine groups is 1. The molecule has 2 aromatic rings. The second-order valence-electron chi connectivity index (χ2n) is 9.34. The standard InChI is InChI=1S/C14H23N5O.C9H17N3/c1-9(2)12-8-13(19(17-12)10(3)4)16-14-15-6-7-18(14)11(5)20;1-6(2)8-5-9(10)12(11-8)7(3)4/h8-10H,6-7H2,1-5H3,(H,15,16);5-7H,10H2,1-4H3. The average molecular weight is 445 g/mol. The Bertz CT molecular complexity index is 936. The van der Waals surface area contributed by atoms with Crippen LogP contribution in [-0.4, -0.2) is 49.4 Å². The summed E-state index contributed by atoms with van der Waals surface area (Å²) in [4.78, 5) is 17.6. The van der Waals surface area contributed by atoms with E-state index in [1.54, 1.807) is 11.8 Å². The van der Waals surface area contributed by atoms with Gasteiger partial charge in [-0.25, -0.2) is 9.36 Å². The van der Waals surface area contributed by atoms with Crippen molar-refractivity contribution in [1.29, 1.82) is 0 Å². The summed E-state index contributed by atoms with van der Waals surface area (Å²) in [6, 6.07) is 4.57. The van der Waals surface area contributed by atoms with Crippen LogP contribution in [-0.2, 0) is 4.79 Å². The highest BCUT2D eigenvalue weighted by molar-refractivity contribution is 6.04. The number of nitrogens with two attached hydrogens (primary N) is 1. The van der Waals surface area contributed by atoms with Crippen LogP contribution >= 0.6 is 0 Å². The molecular formula is C23H40N8O. The third-order valence-corrected chi connectivity index (χ3v) is 5.16. The van der Waals surface area contributed by atoms with Crippen molar-refractivity contribution < 1.29 is 4.79 Å². The molecular weight excluding hydrogens is 404 g/mol. The molecule has 0 atom stereocenters. The molecule has 0 bridgehead atoms. The van der Waals surface area contributed by atoms with Crippen molar-refractivity contribution in [3.63, 3.8) is 0 Å². The fourth-order valence-electron chi connectivity index (χ4n) is 3.28. The number of hydrogen-bond donors (Lipinski definition) is 2. The zero-order valence-electron chi connectivity index (χ0n) is 21.0. The molecule has 9 nitrogen and oxygen atoms in total. The van der Waals surface area contributed by atoms with Gasteiger partial charge in [0.05, 0.1) is 17.9 Å². The van der Waals surface area contributed by atoms with Crippen LogP contribution in [0.1, 0.15) is 97.6 Å². The molecule has 3 rings (SSSR count). The topological polar surface area (TPSA) is 106 Å². The number of aliphatic imine (C=N–C) groups is 1. The lowest BCUT2D eigenvalue weighted by Crippen LogP contribution is -2.37. The van der Waals surface area contributed by atoms with Crippen molar-refractivity contribution in [1.82, 2.24) is 24.5 Å². The van der Waals surface area contributed by atoms with Gasteiger partial charge in [0, 0.05) is 37.7 Å². The number of nitrogen functional groups attached to an aromatic ring is 1. The summed E-state index contributed by atoms with van der Waals surface area (Å²) in [6.45, 7) is 19.6. The molecule has 0 saturated carbocycles. The second kappa shape index (κ2) is 10.7. The van der Waals surface area contributed by atoms with Crippen molar-refractivity contribution >= 4 is 23.5 Å². The highest BCUT2D eigenvalue weighted by Gasteiger charge is 2.23. The van der Waals surface area contributed by atoms with Gasteiger partial charge in [0.2, 0.25) is 11.9 Å². The lowest BCUT2D eigenvalue weighted by molar-refractivity contribution is -0.124.